The summed E-state index contributed by atoms with van der Waals surface area (Å²) in [5.41, 5.74) is 2.82. The molecular weight excluding hydrogens is 354 g/mol. The molecule has 2 atom stereocenters. The minimum atomic E-state index is -0.756. The zero-order chi connectivity index (χ0) is 20.8. The molecule has 0 radical (unpaired) electrons. The summed E-state index contributed by atoms with van der Waals surface area (Å²) < 4.78 is 7.34. The van der Waals surface area contributed by atoms with Crippen LogP contribution in [0.5, 0.6) is 0 Å². The van der Waals surface area contributed by atoms with Gasteiger partial charge in [-0.15, -0.1) is 0 Å². The van der Waals surface area contributed by atoms with E-state index in [2.05, 4.69) is 11.5 Å². The Morgan fingerprint density at radius 3 is 2.50 bits per heavy atom. The molecule has 1 aromatic heterocycles. The lowest BCUT2D eigenvalue weighted by Gasteiger charge is -2.38. The molecule has 0 bridgehead atoms. The minimum absolute atomic E-state index is 0.0933. The lowest BCUT2D eigenvalue weighted by molar-refractivity contribution is -0.151. The monoisotopic (exact) mass is 385 g/mol. The normalized spacial score (nSPS) is 20.0. The van der Waals surface area contributed by atoms with Gasteiger partial charge in [0, 0.05) is 30.0 Å². The predicted octanol–water partition coefficient (Wildman–Crippen LogP) is 3.75. The molecule has 0 saturated carbocycles. The van der Waals surface area contributed by atoms with Gasteiger partial charge in [-0.1, -0.05) is 6.92 Å². The number of carbonyl (C=O) groups is 2. The number of hydrogen-bond donors (Lipinski definition) is 0. The number of rotatable bonds is 6. The number of esters is 1. The molecular formula is C22H31N3O3. The molecule has 1 amide bonds. The Morgan fingerprint density at radius 1 is 1.29 bits per heavy atom. The fraction of sp³-hybridized carbons (Fsp3) is 0.591. The molecule has 0 aliphatic carbocycles. The van der Waals surface area contributed by atoms with E-state index < -0.39 is 5.97 Å². The summed E-state index contributed by atoms with van der Waals surface area (Å²) in [5, 5.41) is 9.40. The Morgan fingerprint density at radius 2 is 1.93 bits per heavy atom. The van der Waals surface area contributed by atoms with Crippen LogP contribution in [0.25, 0.3) is 6.08 Å². The van der Waals surface area contributed by atoms with Gasteiger partial charge in [0.05, 0.1) is 0 Å². The first-order valence-corrected chi connectivity index (χ1v) is 10.1. The second kappa shape index (κ2) is 9.59. The second-order valence-electron chi connectivity index (χ2n) is 7.65. The van der Waals surface area contributed by atoms with Gasteiger partial charge in [0.2, 0.25) is 0 Å². The van der Waals surface area contributed by atoms with Gasteiger partial charge in [0.15, 0.2) is 6.61 Å². The van der Waals surface area contributed by atoms with Crippen molar-refractivity contribution in [3.63, 3.8) is 0 Å². The highest BCUT2D eigenvalue weighted by atomic mass is 16.5. The molecule has 2 heterocycles. The van der Waals surface area contributed by atoms with Crippen molar-refractivity contribution in [3.05, 3.63) is 28.6 Å². The number of nitrogens with zero attached hydrogens (tertiary/aromatic N) is 3. The molecule has 152 valence electrons. The predicted molar refractivity (Wildman–Crippen MR) is 108 cm³/mol. The highest BCUT2D eigenvalue weighted by Crippen LogP contribution is 2.23. The number of amides is 1. The number of piperidine rings is 1. The Labute approximate surface area is 167 Å². The number of carbonyl (C=O) groups excluding carboxylic acids is 2. The third kappa shape index (κ3) is 4.83. The van der Waals surface area contributed by atoms with Crippen molar-refractivity contribution in [1.82, 2.24) is 9.47 Å². The van der Waals surface area contributed by atoms with Crippen molar-refractivity contribution in [1.29, 1.82) is 5.26 Å². The second-order valence-corrected chi connectivity index (χ2v) is 7.65. The fourth-order valence-corrected chi connectivity index (χ4v) is 4.03. The first-order chi connectivity index (χ1) is 13.3. The maximum atomic E-state index is 12.5. The van der Waals surface area contributed by atoms with Crippen LogP contribution in [0.15, 0.2) is 11.6 Å². The smallest absolute Gasteiger partial charge is 0.349 e. The average Bonchev–Trinajstić information content (AvgIpc) is 2.91. The maximum Gasteiger partial charge on any atom is 0.349 e. The SMILES string of the molecule is CCCn1c(C)cc(/C=C(\C#N)C(=O)OCC(=O)N2[C@H](C)CCC[C@H]2C)c1C. The van der Waals surface area contributed by atoms with Gasteiger partial charge in [-0.05, 0) is 71.1 Å². The Balaban J connectivity index is 2.08. The molecule has 6 nitrogen and oxygen atoms in total. The average molecular weight is 386 g/mol. The first-order valence-electron chi connectivity index (χ1n) is 10.1. The largest absolute Gasteiger partial charge is 0.451 e. The molecule has 0 N–H and O–H groups in total. The summed E-state index contributed by atoms with van der Waals surface area (Å²) in [5.74, 6) is -0.958. The van der Waals surface area contributed by atoms with E-state index in [9.17, 15) is 14.9 Å². The molecule has 1 aliphatic heterocycles. The van der Waals surface area contributed by atoms with Crippen molar-refractivity contribution >= 4 is 18.0 Å². The Bertz CT molecular complexity index is 791. The molecule has 1 saturated heterocycles. The summed E-state index contributed by atoms with van der Waals surface area (Å²) in [6.45, 7) is 10.7. The Kier molecular flexibility index (Phi) is 7.45. The summed E-state index contributed by atoms with van der Waals surface area (Å²) in [7, 11) is 0. The molecule has 28 heavy (non-hydrogen) atoms. The van der Waals surface area contributed by atoms with E-state index in [0.29, 0.717) is 0 Å². The van der Waals surface area contributed by atoms with Crippen LogP contribution >= 0.6 is 0 Å². The summed E-state index contributed by atoms with van der Waals surface area (Å²) >= 11 is 0. The van der Waals surface area contributed by atoms with Gasteiger partial charge in [-0.3, -0.25) is 4.79 Å². The zero-order valence-electron chi connectivity index (χ0n) is 17.6. The first kappa shape index (κ1) is 21.7. The molecule has 0 unspecified atom stereocenters. The molecule has 0 spiro atoms. The lowest BCUT2D eigenvalue weighted by Crippen LogP contribution is -2.49. The van der Waals surface area contributed by atoms with Crippen LogP contribution in [0.4, 0.5) is 0 Å². The van der Waals surface area contributed by atoms with Gasteiger partial charge >= 0.3 is 5.97 Å². The van der Waals surface area contributed by atoms with E-state index in [4.69, 9.17) is 4.74 Å². The number of likely N-dealkylation sites (tertiary alicyclic amines) is 1. The van der Waals surface area contributed by atoms with Crippen LogP contribution < -0.4 is 0 Å². The minimum Gasteiger partial charge on any atom is -0.451 e. The molecule has 1 aromatic rings. The number of ether oxygens (including phenoxy) is 1. The maximum absolute atomic E-state index is 12.5. The van der Waals surface area contributed by atoms with Gasteiger partial charge in [0.1, 0.15) is 11.6 Å². The lowest BCUT2D eigenvalue weighted by atomic mass is 9.97. The van der Waals surface area contributed by atoms with Gasteiger partial charge < -0.3 is 14.2 Å². The van der Waals surface area contributed by atoms with Crippen molar-refractivity contribution in [2.45, 2.75) is 78.9 Å². The zero-order valence-corrected chi connectivity index (χ0v) is 17.6. The van der Waals surface area contributed by atoms with E-state index in [1.54, 1.807) is 11.0 Å². The van der Waals surface area contributed by atoms with Crippen LogP contribution in [0.1, 0.15) is 63.4 Å². The highest BCUT2D eigenvalue weighted by molar-refractivity contribution is 5.99. The van der Waals surface area contributed by atoms with Crippen molar-refractivity contribution in [3.8, 4) is 6.07 Å². The summed E-state index contributed by atoms with van der Waals surface area (Å²) in [6.07, 6.45) is 5.57. The number of nitriles is 1. The number of aromatic nitrogens is 1. The van der Waals surface area contributed by atoms with Crippen molar-refractivity contribution in [2.75, 3.05) is 6.61 Å². The van der Waals surface area contributed by atoms with E-state index in [1.807, 2.05) is 39.8 Å². The topological polar surface area (TPSA) is 75.3 Å². The van der Waals surface area contributed by atoms with Crippen LogP contribution in [-0.4, -0.2) is 40.0 Å². The number of hydrogen-bond acceptors (Lipinski definition) is 4. The quantitative estimate of drug-likeness (QED) is 0.424. The van der Waals surface area contributed by atoms with Crippen LogP contribution in [-0.2, 0) is 20.9 Å². The molecule has 1 aliphatic rings. The van der Waals surface area contributed by atoms with Gasteiger partial charge in [-0.2, -0.15) is 5.26 Å². The fourth-order valence-electron chi connectivity index (χ4n) is 4.03. The van der Waals surface area contributed by atoms with E-state index in [0.717, 1.165) is 49.2 Å². The molecule has 1 fully saturated rings. The molecule has 2 rings (SSSR count). The molecule has 0 aromatic carbocycles. The van der Waals surface area contributed by atoms with E-state index in [1.165, 1.54) is 0 Å². The summed E-state index contributed by atoms with van der Waals surface area (Å²) in [6, 6.07) is 4.15. The van der Waals surface area contributed by atoms with E-state index in [-0.39, 0.29) is 30.2 Å². The van der Waals surface area contributed by atoms with Crippen LogP contribution in [0.3, 0.4) is 0 Å². The van der Waals surface area contributed by atoms with Crippen LogP contribution in [0.2, 0.25) is 0 Å². The van der Waals surface area contributed by atoms with Gasteiger partial charge in [0.25, 0.3) is 5.91 Å². The summed E-state index contributed by atoms with van der Waals surface area (Å²) in [4.78, 5) is 26.7. The van der Waals surface area contributed by atoms with Gasteiger partial charge in [-0.25, -0.2) is 4.79 Å². The number of aryl methyl sites for hydroxylation is 1. The Hall–Kier alpha value is -2.55. The highest BCUT2D eigenvalue weighted by Gasteiger charge is 2.29. The third-order valence-corrected chi connectivity index (χ3v) is 5.51. The van der Waals surface area contributed by atoms with Crippen molar-refractivity contribution < 1.29 is 14.3 Å². The molecule has 6 heteroatoms. The van der Waals surface area contributed by atoms with Crippen molar-refractivity contribution in [2.24, 2.45) is 0 Å². The van der Waals surface area contributed by atoms with Crippen LogP contribution in [0, 0.1) is 25.2 Å². The standard InChI is InChI=1S/C22H31N3O3/c1-6-10-24-17(4)11-19(18(24)5)12-20(13-23)22(27)28-14-21(26)25-15(2)8-7-9-16(25)3/h11-12,15-16H,6-10,14H2,1-5H3/b20-12+/t15-,16-/m1/s1. The third-order valence-electron chi connectivity index (χ3n) is 5.51. The van der Waals surface area contributed by atoms with E-state index >= 15 is 0 Å².